The number of carbonyl (C=O) groups excluding carboxylic acids is 1. The van der Waals surface area contributed by atoms with Gasteiger partial charge in [-0.3, -0.25) is 4.79 Å². The number of allylic oxidation sites excluding steroid dienone is 9. The molecule has 4 heteroatoms. The van der Waals surface area contributed by atoms with Crippen molar-refractivity contribution in [2.24, 2.45) is 0 Å². The van der Waals surface area contributed by atoms with E-state index in [2.05, 4.69) is 98.7 Å². The Morgan fingerprint density at radius 2 is 1.72 bits per heavy atom. The molecule has 136 valence electrons. The van der Waals surface area contributed by atoms with Crippen LogP contribution in [-0.4, -0.2) is 13.1 Å². The van der Waals surface area contributed by atoms with E-state index in [1.165, 1.54) is 14.3 Å². The number of rotatable bonds is 11. The quantitative estimate of drug-likeness (QED) is 0.0687. The van der Waals surface area contributed by atoms with Crippen LogP contribution in [0.3, 0.4) is 0 Å². The summed E-state index contributed by atoms with van der Waals surface area (Å²) in [4.78, 5) is 11.0. The number of ether oxygens (including phenoxy) is 1. The summed E-state index contributed by atoms with van der Waals surface area (Å²) in [6, 6.07) is 0. The Bertz CT molecular complexity index is 572. The van der Waals surface area contributed by atoms with E-state index in [0.29, 0.717) is 6.42 Å². The molecular formula is C21H26I2O2. The predicted octanol–water partition coefficient (Wildman–Crippen LogP) is 6.83. The first-order valence-corrected chi connectivity index (χ1v) is 10.4. The van der Waals surface area contributed by atoms with Gasteiger partial charge in [-0.05, 0) is 78.0 Å². The zero-order valence-corrected chi connectivity index (χ0v) is 19.1. The first-order chi connectivity index (χ1) is 12.1. The summed E-state index contributed by atoms with van der Waals surface area (Å²) < 4.78 is 7.20. The monoisotopic (exact) mass is 564 g/mol. The minimum atomic E-state index is -0.139. The molecule has 0 aromatic rings. The lowest BCUT2D eigenvalue weighted by molar-refractivity contribution is -0.140. The fraction of sp³-hybridized carbons (Fsp3) is 0.381. The molecule has 0 fully saturated rings. The molecule has 2 nitrogen and oxygen atoms in total. The minimum Gasteiger partial charge on any atom is -0.469 e. The van der Waals surface area contributed by atoms with Crippen LogP contribution in [0.25, 0.3) is 0 Å². The van der Waals surface area contributed by atoms with E-state index in [4.69, 9.17) is 0 Å². The topological polar surface area (TPSA) is 26.3 Å². The number of esters is 1. The van der Waals surface area contributed by atoms with E-state index >= 15 is 0 Å². The molecule has 0 aliphatic rings. The van der Waals surface area contributed by atoms with Gasteiger partial charge in [0.15, 0.2) is 0 Å². The summed E-state index contributed by atoms with van der Waals surface area (Å²) >= 11 is 4.68. The molecule has 0 aromatic carbocycles. The molecule has 0 N–H and O–H groups in total. The molecule has 0 aliphatic heterocycles. The molecule has 0 atom stereocenters. The van der Waals surface area contributed by atoms with E-state index in [9.17, 15) is 4.79 Å². The van der Waals surface area contributed by atoms with Gasteiger partial charge in [0.05, 0.1) is 7.11 Å². The van der Waals surface area contributed by atoms with Gasteiger partial charge in [-0.1, -0.05) is 61.0 Å². The fourth-order valence-corrected chi connectivity index (χ4v) is 2.74. The van der Waals surface area contributed by atoms with Crippen molar-refractivity contribution in [3.63, 3.8) is 0 Å². The predicted molar refractivity (Wildman–Crippen MR) is 125 cm³/mol. The largest absolute Gasteiger partial charge is 0.469 e. The van der Waals surface area contributed by atoms with Gasteiger partial charge in [0.2, 0.25) is 0 Å². The second kappa shape index (κ2) is 18.0. The normalized spacial score (nSPS) is 12.3. The molecule has 0 aliphatic carbocycles. The summed E-state index contributed by atoms with van der Waals surface area (Å²) in [6.45, 7) is 3.65. The van der Waals surface area contributed by atoms with Crippen molar-refractivity contribution in [3.8, 4) is 11.8 Å². The van der Waals surface area contributed by atoms with Gasteiger partial charge in [0, 0.05) is 19.3 Å². The Morgan fingerprint density at radius 1 is 1.04 bits per heavy atom. The smallest absolute Gasteiger partial charge is 0.305 e. The average Bonchev–Trinajstić information content (AvgIpc) is 2.60. The highest BCUT2D eigenvalue weighted by Gasteiger charge is 1.97. The molecule has 0 rings (SSSR count). The van der Waals surface area contributed by atoms with Crippen molar-refractivity contribution in [2.75, 3.05) is 7.11 Å². The standard InChI is InChI=1S/C21H26I2O2/c1-3-4-9-14-19(22)15-10-7-5-6-8-11-16-20(23)17-12-13-18-21(24)25-2/h3-4,8-9,11,15,17H,1,6,10,12-14,16,18H2,2H3/b9-4+,11-8-,19-15+,20-17+. The number of halogens is 2. The fourth-order valence-electron chi connectivity index (χ4n) is 1.69. The van der Waals surface area contributed by atoms with Crippen LogP contribution >= 0.6 is 45.2 Å². The summed E-state index contributed by atoms with van der Waals surface area (Å²) in [5.74, 6) is 6.19. The highest BCUT2D eigenvalue weighted by molar-refractivity contribution is 14.1. The number of unbranched alkanes of at least 4 members (excludes halogenated alkanes) is 1. The van der Waals surface area contributed by atoms with Gasteiger partial charge in [-0.15, -0.1) is 0 Å². The van der Waals surface area contributed by atoms with E-state index in [-0.39, 0.29) is 5.97 Å². The van der Waals surface area contributed by atoms with Crippen LogP contribution in [-0.2, 0) is 9.53 Å². The first kappa shape index (κ1) is 24.2. The molecule has 0 radical (unpaired) electrons. The third-order valence-corrected chi connectivity index (χ3v) is 4.78. The zero-order valence-electron chi connectivity index (χ0n) is 14.8. The molecule has 0 amide bonds. The van der Waals surface area contributed by atoms with Gasteiger partial charge in [0.1, 0.15) is 0 Å². The molecule has 0 heterocycles. The Balaban J connectivity index is 3.88. The second-order valence-corrected chi connectivity index (χ2v) is 7.85. The summed E-state index contributed by atoms with van der Waals surface area (Å²) in [6.07, 6.45) is 20.1. The van der Waals surface area contributed by atoms with Gasteiger partial charge in [-0.2, -0.15) is 0 Å². The molecule has 0 spiro atoms. The van der Waals surface area contributed by atoms with Crippen molar-refractivity contribution in [3.05, 3.63) is 56.3 Å². The molecule has 0 saturated carbocycles. The van der Waals surface area contributed by atoms with E-state index in [0.717, 1.165) is 38.5 Å². The Kier molecular flexibility index (Phi) is 17.4. The Morgan fingerprint density at radius 3 is 2.44 bits per heavy atom. The Hall–Kier alpha value is -0.810. The van der Waals surface area contributed by atoms with Crippen LogP contribution < -0.4 is 0 Å². The van der Waals surface area contributed by atoms with E-state index in [1.807, 2.05) is 6.08 Å². The van der Waals surface area contributed by atoms with Crippen molar-refractivity contribution in [2.45, 2.75) is 44.9 Å². The lowest BCUT2D eigenvalue weighted by atomic mass is 10.2. The number of carbonyl (C=O) groups is 1. The second-order valence-electron chi connectivity index (χ2n) is 5.08. The van der Waals surface area contributed by atoms with Crippen LogP contribution in [0.1, 0.15) is 44.9 Å². The molecule has 0 unspecified atom stereocenters. The van der Waals surface area contributed by atoms with Gasteiger partial charge < -0.3 is 4.74 Å². The molecule has 0 aromatic heterocycles. The molecule has 0 saturated heterocycles. The first-order valence-electron chi connectivity index (χ1n) is 8.24. The summed E-state index contributed by atoms with van der Waals surface area (Å²) in [5, 5.41) is 0. The van der Waals surface area contributed by atoms with Crippen LogP contribution in [0, 0.1) is 11.8 Å². The highest BCUT2D eigenvalue weighted by atomic mass is 127. The van der Waals surface area contributed by atoms with Gasteiger partial charge in [0.25, 0.3) is 0 Å². The van der Waals surface area contributed by atoms with E-state index in [1.54, 1.807) is 6.08 Å². The summed E-state index contributed by atoms with van der Waals surface area (Å²) in [7, 11) is 1.43. The van der Waals surface area contributed by atoms with Crippen LogP contribution in [0.15, 0.2) is 56.3 Å². The maximum atomic E-state index is 11.0. The van der Waals surface area contributed by atoms with Crippen LogP contribution in [0.4, 0.5) is 0 Å². The molecule has 25 heavy (non-hydrogen) atoms. The van der Waals surface area contributed by atoms with Crippen molar-refractivity contribution in [1.29, 1.82) is 0 Å². The minimum absolute atomic E-state index is 0.139. The SMILES string of the molecule is C=C/C=C/C/C(I)=C\CC#CC/C=C\C/C(I)=C\CCCC(=O)OC. The van der Waals surface area contributed by atoms with Gasteiger partial charge in [-0.25, -0.2) is 0 Å². The average molecular weight is 564 g/mol. The maximum absolute atomic E-state index is 11.0. The molecular weight excluding hydrogens is 538 g/mol. The van der Waals surface area contributed by atoms with Crippen LogP contribution in [0.5, 0.6) is 0 Å². The van der Waals surface area contributed by atoms with Crippen molar-refractivity contribution in [1.82, 2.24) is 0 Å². The zero-order chi connectivity index (χ0) is 18.8. The van der Waals surface area contributed by atoms with Crippen molar-refractivity contribution < 1.29 is 9.53 Å². The Labute approximate surface area is 179 Å². The highest BCUT2D eigenvalue weighted by Crippen LogP contribution is 2.14. The molecule has 0 bridgehead atoms. The maximum Gasteiger partial charge on any atom is 0.305 e. The lowest BCUT2D eigenvalue weighted by Gasteiger charge is -1.97. The van der Waals surface area contributed by atoms with Crippen molar-refractivity contribution >= 4 is 51.2 Å². The number of hydrogen-bond donors (Lipinski definition) is 0. The lowest BCUT2D eigenvalue weighted by Crippen LogP contribution is -1.98. The number of methoxy groups -OCH3 is 1. The van der Waals surface area contributed by atoms with Gasteiger partial charge >= 0.3 is 5.97 Å². The third-order valence-electron chi connectivity index (χ3n) is 3.01. The van der Waals surface area contributed by atoms with Crippen LogP contribution in [0.2, 0.25) is 0 Å². The third kappa shape index (κ3) is 17.8. The summed E-state index contributed by atoms with van der Waals surface area (Å²) in [5.41, 5.74) is 0. The number of hydrogen-bond acceptors (Lipinski definition) is 2. The van der Waals surface area contributed by atoms with E-state index < -0.39 is 0 Å².